The summed E-state index contributed by atoms with van der Waals surface area (Å²) in [6, 6.07) is 74.8. The Morgan fingerprint density at radius 3 is 1.82 bits per heavy atom. The number of rotatable bonds is 7. The van der Waals surface area contributed by atoms with Gasteiger partial charge in [0, 0.05) is 44.5 Å². The van der Waals surface area contributed by atoms with E-state index >= 15 is 0 Å². The Morgan fingerprint density at radius 1 is 0.383 bits per heavy atom. The van der Waals surface area contributed by atoms with Gasteiger partial charge in [-0.2, -0.15) is 0 Å². The lowest BCUT2D eigenvalue weighted by atomic mass is 10.0. The van der Waals surface area contributed by atoms with Gasteiger partial charge >= 0.3 is 0 Å². The Bertz CT molecular complexity index is 3530. The lowest BCUT2D eigenvalue weighted by molar-refractivity contribution is 0.622. The van der Waals surface area contributed by atoms with Crippen LogP contribution >= 0.6 is 0 Å². The molecule has 0 amide bonds. The van der Waals surface area contributed by atoms with E-state index in [4.69, 9.17) is 13.8 Å². The lowest BCUT2D eigenvalue weighted by Gasteiger charge is -2.26. The van der Waals surface area contributed by atoms with Crippen molar-refractivity contribution >= 4 is 71.9 Å². The molecule has 12 aromatic rings. The van der Waals surface area contributed by atoms with Gasteiger partial charge < -0.3 is 18.3 Å². The molecule has 0 spiro atoms. The molecule has 0 saturated carbocycles. The molecule has 3 aromatic heterocycles. The summed E-state index contributed by atoms with van der Waals surface area (Å²) in [5, 5.41) is 4.37. The summed E-state index contributed by atoms with van der Waals surface area (Å²) in [7, 11) is 0. The molecule has 0 aliphatic rings. The quantitative estimate of drug-likeness (QED) is 0.162. The lowest BCUT2D eigenvalue weighted by Crippen LogP contribution is -2.10. The smallest absolute Gasteiger partial charge is 0.227 e. The van der Waals surface area contributed by atoms with E-state index in [1.165, 1.54) is 21.9 Å². The monoisotopic (exact) mass is 769 g/mol. The van der Waals surface area contributed by atoms with E-state index < -0.39 is 0 Å². The van der Waals surface area contributed by atoms with Crippen LogP contribution in [0.4, 0.5) is 17.1 Å². The maximum atomic E-state index is 6.44. The molecule has 282 valence electrons. The molecule has 0 N–H and O–H groups in total. The third kappa shape index (κ3) is 5.59. The van der Waals surface area contributed by atoms with Crippen molar-refractivity contribution < 1.29 is 8.83 Å². The van der Waals surface area contributed by atoms with E-state index in [0.717, 1.165) is 83.6 Å². The molecule has 3 heterocycles. The second-order valence-corrected chi connectivity index (χ2v) is 15.2. The molecule has 0 radical (unpaired) electrons. The third-order valence-corrected chi connectivity index (χ3v) is 11.6. The number of para-hydroxylation sites is 2. The van der Waals surface area contributed by atoms with Gasteiger partial charge in [0.05, 0.1) is 16.4 Å². The highest BCUT2D eigenvalue weighted by Gasteiger charge is 2.20. The molecule has 0 aliphatic heterocycles. The van der Waals surface area contributed by atoms with Gasteiger partial charge in [0.25, 0.3) is 0 Å². The average molecular weight is 770 g/mol. The molecule has 5 nitrogen and oxygen atoms in total. The van der Waals surface area contributed by atoms with Crippen LogP contribution in [-0.2, 0) is 0 Å². The molecule has 0 bridgehead atoms. The predicted molar refractivity (Wildman–Crippen MR) is 247 cm³/mol. The molecule has 12 rings (SSSR count). The summed E-state index contributed by atoms with van der Waals surface area (Å²) < 4.78 is 15.2. The van der Waals surface area contributed by atoms with Crippen molar-refractivity contribution in [1.82, 2.24) is 9.55 Å². The van der Waals surface area contributed by atoms with E-state index in [0.29, 0.717) is 5.89 Å². The zero-order valence-corrected chi connectivity index (χ0v) is 32.4. The summed E-state index contributed by atoms with van der Waals surface area (Å²) in [5.74, 6) is 0.596. The third-order valence-electron chi connectivity index (χ3n) is 11.6. The number of furan rings is 1. The number of oxazole rings is 1. The highest BCUT2D eigenvalue weighted by Crippen LogP contribution is 2.42. The molecule has 0 unspecified atom stereocenters. The van der Waals surface area contributed by atoms with E-state index in [9.17, 15) is 0 Å². The number of hydrogen-bond acceptors (Lipinski definition) is 4. The average Bonchev–Trinajstić information content (AvgIpc) is 4.02. The summed E-state index contributed by atoms with van der Waals surface area (Å²) in [4.78, 5) is 7.19. The fourth-order valence-corrected chi connectivity index (χ4v) is 8.79. The first-order valence-corrected chi connectivity index (χ1v) is 20.2. The topological polar surface area (TPSA) is 47.3 Å². The standard InChI is InChI=1S/C55H35N3O2/c1-4-13-36(14-5-1)39-17-12-20-43(33-39)57(44-28-29-46-45-21-10-11-22-49(45)58(50(46)35-44)41-18-8-3-9-19-41)42-26-23-37(24-27-42)40-25-31-51-47(34-40)53-52(59-51)32-30-48-54(53)60-55(56-48)38-15-6-2-7-16-38/h1-35H. The van der Waals surface area contributed by atoms with Crippen molar-refractivity contribution in [2.75, 3.05) is 4.90 Å². The van der Waals surface area contributed by atoms with Crippen molar-refractivity contribution in [1.29, 1.82) is 0 Å². The Kier molecular flexibility index (Phi) is 7.78. The Morgan fingerprint density at radius 2 is 1.00 bits per heavy atom. The zero-order chi connectivity index (χ0) is 39.6. The molecule has 9 aromatic carbocycles. The van der Waals surface area contributed by atoms with Crippen molar-refractivity contribution in [3.05, 3.63) is 212 Å². The number of hydrogen-bond donors (Lipinski definition) is 0. The number of anilines is 3. The van der Waals surface area contributed by atoms with Crippen LogP contribution < -0.4 is 4.90 Å². The van der Waals surface area contributed by atoms with Crippen LogP contribution in [-0.4, -0.2) is 9.55 Å². The van der Waals surface area contributed by atoms with Crippen LogP contribution in [0.5, 0.6) is 0 Å². The predicted octanol–water partition coefficient (Wildman–Crippen LogP) is 15.3. The van der Waals surface area contributed by atoms with Crippen LogP contribution in [0.3, 0.4) is 0 Å². The van der Waals surface area contributed by atoms with E-state index in [2.05, 4.69) is 179 Å². The summed E-state index contributed by atoms with van der Waals surface area (Å²) in [5.41, 5.74) is 15.2. The molecule has 0 aliphatic carbocycles. The Labute approximate surface area is 345 Å². The highest BCUT2D eigenvalue weighted by atomic mass is 16.4. The van der Waals surface area contributed by atoms with E-state index in [-0.39, 0.29) is 0 Å². The fraction of sp³-hybridized carbons (Fsp3) is 0. The minimum absolute atomic E-state index is 0.596. The number of benzene rings is 9. The van der Waals surface area contributed by atoms with E-state index in [1.54, 1.807) is 0 Å². The Balaban J connectivity index is 0.993. The second-order valence-electron chi connectivity index (χ2n) is 15.2. The van der Waals surface area contributed by atoms with Gasteiger partial charge in [-0.25, -0.2) is 4.98 Å². The number of nitrogens with zero attached hydrogens (tertiary/aromatic N) is 3. The largest absolute Gasteiger partial charge is 0.456 e. The van der Waals surface area contributed by atoms with Gasteiger partial charge in [-0.05, 0) is 113 Å². The molecule has 0 atom stereocenters. The number of aromatic nitrogens is 2. The summed E-state index contributed by atoms with van der Waals surface area (Å²) in [6.45, 7) is 0. The number of fused-ring (bicyclic) bond motifs is 8. The molecule has 0 fully saturated rings. The maximum Gasteiger partial charge on any atom is 0.227 e. The zero-order valence-electron chi connectivity index (χ0n) is 32.4. The SMILES string of the molecule is c1ccc(-c2cccc(N(c3ccc(-c4ccc5oc6ccc7nc(-c8ccccc8)oc7c6c5c4)cc3)c3ccc4c5ccccc5n(-c5ccccc5)c4c3)c2)cc1. The summed E-state index contributed by atoms with van der Waals surface area (Å²) in [6.07, 6.45) is 0. The minimum atomic E-state index is 0.596. The van der Waals surface area contributed by atoms with Crippen LogP contribution in [0, 0.1) is 0 Å². The molecular weight excluding hydrogens is 735 g/mol. The van der Waals surface area contributed by atoms with Gasteiger partial charge in [0.2, 0.25) is 5.89 Å². The van der Waals surface area contributed by atoms with Crippen molar-refractivity contribution in [3.63, 3.8) is 0 Å². The first-order valence-electron chi connectivity index (χ1n) is 20.2. The first kappa shape index (κ1) is 33.9. The van der Waals surface area contributed by atoms with Crippen LogP contribution in [0.1, 0.15) is 0 Å². The second kappa shape index (κ2) is 13.8. The van der Waals surface area contributed by atoms with Gasteiger partial charge in [-0.1, -0.05) is 121 Å². The first-order chi connectivity index (χ1) is 29.7. The van der Waals surface area contributed by atoms with Gasteiger partial charge in [0.1, 0.15) is 16.7 Å². The van der Waals surface area contributed by atoms with Crippen LogP contribution in [0.15, 0.2) is 221 Å². The van der Waals surface area contributed by atoms with Crippen molar-refractivity contribution in [3.8, 4) is 39.4 Å². The fourth-order valence-electron chi connectivity index (χ4n) is 8.79. The van der Waals surface area contributed by atoms with Gasteiger partial charge in [-0.15, -0.1) is 0 Å². The van der Waals surface area contributed by atoms with Crippen LogP contribution in [0.25, 0.3) is 94.2 Å². The minimum Gasteiger partial charge on any atom is -0.456 e. The maximum absolute atomic E-state index is 6.44. The van der Waals surface area contributed by atoms with Gasteiger partial charge in [-0.3, -0.25) is 0 Å². The van der Waals surface area contributed by atoms with Crippen LogP contribution in [0.2, 0.25) is 0 Å². The molecule has 60 heavy (non-hydrogen) atoms. The van der Waals surface area contributed by atoms with E-state index in [1.807, 2.05) is 42.5 Å². The van der Waals surface area contributed by atoms with Crippen molar-refractivity contribution in [2.45, 2.75) is 0 Å². The Hall–Kier alpha value is -8.15. The van der Waals surface area contributed by atoms with Gasteiger partial charge in [0.15, 0.2) is 5.58 Å². The summed E-state index contributed by atoms with van der Waals surface area (Å²) >= 11 is 0. The van der Waals surface area contributed by atoms with Crippen molar-refractivity contribution in [2.24, 2.45) is 0 Å². The normalized spacial score (nSPS) is 11.7. The molecular formula is C55H35N3O2. The molecule has 0 saturated heterocycles. The molecule has 5 heteroatoms. The highest BCUT2D eigenvalue weighted by molar-refractivity contribution is 6.17.